The molecule has 2 aromatic heterocycles. The van der Waals surface area contributed by atoms with Crippen molar-refractivity contribution >= 4 is 23.2 Å². The van der Waals surface area contributed by atoms with Gasteiger partial charge in [0.05, 0.1) is 5.69 Å². The highest BCUT2D eigenvalue weighted by Gasteiger charge is 2.34. The number of carbonyl (C=O) groups is 2. The number of nitrogens with two attached hydrogens (primary N) is 1. The summed E-state index contributed by atoms with van der Waals surface area (Å²) in [5.74, 6) is -0.254. The highest BCUT2D eigenvalue weighted by Crippen LogP contribution is 2.26. The number of nitrogens with one attached hydrogen (secondary N) is 1. The minimum absolute atomic E-state index is 0.207. The Labute approximate surface area is 144 Å². The maximum Gasteiger partial charge on any atom is 0.264 e. The Morgan fingerprint density at radius 2 is 1.96 bits per heavy atom. The molecule has 0 radical (unpaired) electrons. The highest BCUT2D eigenvalue weighted by atomic mass is 32.1. The van der Waals surface area contributed by atoms with Gasteiger partial charge in [0.2, 0.25) is 5.91 Å². The molecule has 0 aliphatic heterocycles. The van der Waals surface area contributed by atoms with Gasteiger partial charge in [-0.3, -0.25) is 9.59 Å². The molecule has 2 amide bonds. The van der Waals surface area contributed by atoms with Crippen molar-refractivity contribution in [1.29, 1.82) is 0 Å². The molecule has 2 rings (SSSR count). The van der Waals surface area contributed by atoms with Crippen LogP contribution in [-0.2, 0) is 4.79 Å². The Hall–Kier alpha value is -2.35. The van der Waals surface area contributed by atoms with E-state index in [-0.39, 0.29) is 11.8 Å². The number of hydrogen-bond donors (Lipinski definition) is 2. The molecule has 0 saturated heterocycles. The molecular weight excluding hydrogens is 326 g/mol. The smallest absolute Gasteiger partial charge is 0.264 e. The van der Waals surface area contributed by atoms with Gasteiger partial charge in [0.25, 0.3) is 5.91 Å². The zero-order valence-electron chi connectivity index (χ0n) is 14.2. The maximum atomic E-state index is 12.6. The van der Waals surface area contributed by atoms with E-state index in [0.717, 1.165) is 0 Å². The number of hydrogen-bond acceptors (Lipinski definition) is 6. The first kappa shape index (κ1) is 18.0. The predicted molar refractivity (Wildman–Crippen MR) is 92.4 cm³/mol. The average Bonchev–Trinajstić information content (AvgIpc) is 2.89. The third-order valence-corrected chi connectivity index (χ3v) is 4.66. The number of carbonyl (C=O) groups excluding carboxylic acids is 2. The number of nitrogens with zero attached hydrogens (tertiary/aromatic N) is 3. The van der Waals surface area contributed by atoms with Crippen LogP contribution in [0.15, 0.2) is 18.5 Å². The molecule has 3 N–H and O–H groups in total. The van der Waals surface area contributed by atoms with Crippen molar-refractivity contribution in [3.63, 3.8) is 0 Å². The second-order valence-electron chi connectivity index (χ2n) is 6.25. The van der Waals surface area contributed by atoms with E-state index in [4.69, 9.17) is 5.73 Å². The van der Waals surface area contributed by atoms with Gasteiger partial charge in [-0.1, -0.05) is 13.8 Å². The molecule has 7 nitrogen and oxygen atoms in total. The SMILES string of the molecule is Cc1nc(-c2ncccn2)sc1C(=O)NC(C)(CC(C)C)C(N)=O. The monoisotopic (exact) mass is 347 g/mol. The van der Waals surface area contributed by atoms with E-state index in [1.54, 1.807) is 32.3 Å². The van der Waals surface area contributed by atoms with Crippen molar-refractivity contribution in [3.05, 3.63) is 29.0 Å². The van der Waals surface area contributed by atoms with E-state index in [1.165, 1.54) is 11.3 Å². The van der Waals surface area contributed by atoms with Crippen LogP contribution in [-0.4, -0.2) is 32.3 Å². The van der Waals surface area contributed by atoms with Crippen molar-refractivity contribution in [2.24, 2.45) is 11.7 Å². The molecule has 0 saturated carbocycles. The first-order valence-corrected chi connectivity index (χ1v) is 8.42. The molecule has 2 heterocycles. The van der Waals surface area contributed by atoms with Crippen molar-refractivity contribution in [2.45, 2.75) is 39.7 Å². The van der Waals surface area contributed by atoms with Crippen molar-refractivity contribution in [2.75, 3.05) is 0 Å². The summed E-state index contributed by atoms with van der Waals surface area (Å²) < 4.78 is 0. The molecule has 0 aliphatic carbocycles. The minimum Gasteiger partial charge on any atom is -0.368 e. The molecule has 24 heavy (non-hydrogen) atoms. The fourth-order valence-electron chi connectivity index (χ4n) is 2.45. The summed E-state index contributed by atoms with van der Waals surface area (Å²) in [4.78, 5) is 37.5. The number of primary amides is 1. The van der Waals surface area contributed by atoms with Gasteiger partial charge in [-0.2, -0.15) is 0 Å². The lowest BCUT2D eigenvalue weighted by Gasteiger charge is -2.29. The molecule has 1 atom stereocenters. The van der Waals surface area contributed by atoms with Crippen LogP contribution in [0.2, 0.25) is 0 Å². The van der Waals surface area contributed by atoms with Gasteiger partial charge >= 0.3 is 0 Å². The molecule has 0 fully saturated rings. The van der Waals surface area contributed by atoms with E-state index in [2.05, 4.69) is 20.3 Å². The third-order valence-electron chi connectivity index (χ3n) is 3.51. The van der Waals surface area contributed by atoms with Crippen molar-refractivity contribution in [3.8, 4) is 10.8 Å². The van der Waals surface area contributed by atoms with Gasteiger partial charge in [-0.25, -0.2) is 15.0 Å². The molecule has 0 aromatic carbocycles. The molecule has 1 unspecified atom stereocenters. The van der Waals surface area contributed by atoms with Crippen LogP contribution < -0.4 is 11.1 Å². The largest absolute Gasteiger partial charge is 0.368 e. The topological polar surface area (TPSA) is 111 Å². The summed E-state index contributed by atoms with van der Waals surface area (Å²) in [7, 11) is 0. The summed E-state index contributed by atoms with van der Waals surface area (Å²) in [5.41, 5.74) is 4.95. The van der Waals surface area contributed by atoms with Gasteiger partial charge in [0.1, 0.15) is 10.4 Å². The van der Waals surface area contributed by atoms with Gasteiger partial charge in [0.15, 0.2) is 10.8 Å². The highest BCUT2D eigenvalue weighted by molar-refractivity contribution is 7.17. The molecule has 2 aromatic rings. The predicted octanol–water partition coefficient (Wildman–Crippen LogP) is 1.93. The summed E-state index contributed by atoms with van der Waals surface area (Å²) in [6.45, 7) is 7.32. The van der Waals surface area contributed by atoms with Gasteiger partial charge < -0.3 is 11.1 Å². The second kappa shape index (κ2) is 7.04. The summed E-state index contributed by atoms with van der Waals surface area (Å²) >= 11 is 1.19. The zero-order chi connectivity index (χ0) is 17.9. The maximum absolute atomic E-state index is 12.6. The summed E-state index contributed by atoms with van der Waals surface area (Å²) in [6.07, 6.45) is 3.69. The van der Waals surface area contributed by atoms with E-state index in [9.17, 15) is 9.59 Å². The third kappa shape index (κ3) is 3.94. The lowest BCUT2D eigenvalue weighted by molar-refractivity contribution is -0.124. The van der Waals surface area contributed by atoms with Crippen LogP contribution in [0, 0.1) is 12.8 Å². The van der Waals surface area contributed by atoms with E-state index < -0.39 is 11.4 Å². The van der Waals surface area contributed by atoms with Gasteiger partial charge in [-0.15, -0.1) is 11.3 Å². The van der Waals surface area contributed by atoms with Crippen LogP contribution in [0.25, 0.3) is 10.8 Å². The summed E-state index contributed by atoms with van der Waals surface area (Å²) in [6, 6.07) is 1.71. The second-order valence-corrected chi connectivity index (χ2v) is 7.25. The molecule has 128 valence electrons. The average molecular weight is 347 g/mol. The fourth-order valence-corrected chi connectivity index (χ4v) is 3.36. The standard InChI is InChI=1S/C16H21N5O2S/c1-9(2)8-16(4,15(17)23)21-13(22)11-10(3)20-14(24-11)12-18-6-5-7-19-12/h5-7,9H,8H2,1-4H3,(H2,17,23)(H,21,22). The van der Waals surface area contributed by atoms with E-state index >= 15 is 0 Å². The zero-order valence-corrected chi connectivity index (χ0v) is 15.0. The minimum atomic E-state index is -1.11. The van der Waals surface area contributed by atoms with E-state index in [0.29, 0.717) is 27.8 Å². The van der Waals surface area contributed by atoms with Crippen molar-refractivity contribution < 1.29 is 9.59 Å². The lowest BCUT2D eigenvalue weighted by Crippen LogP contribution is -2.56. The first-order chi connectivity index (χ1) is 11.2. The Balaban J connectivity index is 2.27. The Morgan fingerprint density at radius 1 is 1.33 bits per heavy atom. The Morgan fingerprint density at radius 3 is 2.50 bits per heavy atom. The van der Waals surface area contributed by atoms with Crippen LogP contribution in [0.5, 0.6) is 0 Å². The molecule has 0 bridgehead atoms. The first-order valence-electron chi connectivity index (χ1n) is 7.60. The van der Waals surface area contributed by atoms with Crippen LogP contribution in [0.4, 0.5) is 0 Å². The van der Waals surface area contributed by atoms with E-state index in [1.807, 2.05) is 13.8 Å². The van der Waals surface area contributed by atoms with Crippen LogP contribution >= 0.6 is 11.3 Å². The Kier molecular flexibility index (Phi) is 5.28. The quantitative estimate of drug-likeness (QED) is 0.829. The summed E-state index contributed by atoms with van der Waals surface area (Å²) in [5, 5.41) is 3.32. The molecule has 8 heteroatoms. The van der Waals surface area contributed by atoms with Gasteiger partial charge in [-0.05, 0) is 32.3 Å². The van der Waals surface area contributed by atoms with Crippen molar-refractivity contribution in [1.82, 2.24) is 20.3 Å². The number of thiazole rings is 1. The molecular formula is C16H21N5O2S. The van der Waals surface area contributed by atoms with Crippen LogP contribution in [0.1, 0.15) is 42.6 Å². The number of amides is 2. The molecule has 0 spiro atoms. The lowest BCUT2D eigenvalue weighted by atomic mass is 9.90. The van der Waals surface area contributed by atoms with Gasteiger partial charge in [0, 0.05) is 12.4 Å². The molecule has 0 aliphatic rings. The Bertz CT molecular complexity index is 744. The number of aromatic nitrogens is 3. The number of rotatable bonds is 6. The fraction of sp³-hybridized carbons (Fsp3) is 0.438. The normalized spacial score (nSPS) is 13.5. The van der Waals surface area contributed by atoms with Crippen LogP contribution in [0.3, 0.4) is 0 Å². The number of aryl methyl sites for hydroxylation is 1.